The van der Waals surface area contributed by atoms with E-state index in [1.54, 1.807) is 29.2 Å². The van der Waals surface area contributed by atoms with E-state index >= 15 is 0 Å². The van der Waals surface area contributed by atoms with Gasteiger partial charge < -0.3 is 19.7 Å². The quantitative estimate of drug-likeness (QED) is 0.359. The Morgan fingerprint density at radius 2 is 2.19 bits per heavy atom. The number of aromatic nitrogens is 2. The molecule has 4 rings (SSSR count). The van der Waals surface area contributed by atoms with Crippen LogP contribution in [0.3, 0.4) is 0 Å². The standard InChI is InChI=1S/C22H19BrClFN4O3/c1-3-19(30)29-7-6-12(10-29)32-18-8-13-16(9-17(18)31-2)26-11-27-22(13)28-15-5-4-14(23)20(24)21(15)25/h3-5,8-9,11-12H,1,6-7,10H2,2H3,(H,26,27,28)/t12-/m0/s1. The van der Waals surface area contributed by atoms with Gasteiger partial charge in [0.15, 0.2) is 17.3 Å². The van der Waals surface area contributed by atoms with Crippen molar-refractivity contribution in [3.8, 4) is 11.5 Å². The fraction of sp³-hybridized carbons (Fsp3) is 0.227. The van der Waals surface area contributed by atoms with E-state index in [-0.39, 0.29) is 22.7 Å². The molecule has 1 amide bonds. The number of hydrogen-bond donors (Lipinski definition) is 1. The molecule has 1 atom stereocenters. The van der Waals surface area contributed by atoms with E-state index in [9.17, 15) is 9.18 Å². The Bertz CT molecular complexity index is 1210. The molecule has 3 aromatic rings. The summed E-state index contributed by atoms with van der Waals surface area (Å²) in [6.45, 7) is 4.56. The highest BCUT2D eigenvalue weighted by Gasteiger charge is 2.27. The Balaban J connectivity index is 1.67. The van der Waals surface area contributed by atoms with Crippen molar-refractivity contribution < 1.29 is 18.7 Å². The number of benzene rings is 2. The molecular formula is C22H19BrClFN4O3. The summed E-state index contributed by atoms with van der Waals surface area (Å²) in [5.74, 6) is 0.626. The second kappa shape index (κ2) is 9.30. The summed E-state index contributed by atoms with van der Waals surface area (Å²) in [5, 5.41) is 3.56. The lowest BCUT2D eigenvalue weighted by Gasteiger charge is -2.18. The van der Waals surface area contributed by atoms with Gasteiger partial charge in [-0.3, -0.25) is 4.79 Å². The van der Waals surface area contributed by atoms with Gasteiger partial charge in [-0.1, -0.05) is 18.2 Å². The van der Waals surface area contributed by atoms with Crippen molar-refractivity contribution in [3.63, 3.8) is 0 Å². The van der Waals surface area contributed by atoms with Gasteiger partial charge in [0.2, 0.25) is 5.91 Å². The predicted octanol–water partition coefficient (Wildman–Crippen LogP) is 5.10. The number of hydrogen-bond acceptors (Lipinski definition) is 6. The lowest BCUT2D eigenvalue weighted by Crippen LogP contribution is -2.29. The molecule has 1 saturated heterocycles. The van der Waals surface area contributed by atoms with Crippen LogP contribution in [-0.4, -0.2) is 47.1 Å². The van der Waals surface area contributed by atoms with Crippen LogP contribution in [0.5, 0.6) is 11.5 Å². The number of methoxy groups -OCH3 is 1. The molecule has 166 valence electrons. The maximum atomic E-state index is 14.6. The highest BCUT2D eigenvalue weighted by Crippen LogP contribution is 2.37. The minimum Gasteiger partial charge on any atom is -0.493 e. The molecule has 1 aromatic heterocycles. The highest BCUT2D eigenvalue weighted by molar-refractivity contribution is 9.10. The first-order valence-electron chi connectivity index (χ1n) is 9.72. The fourth-order valence-electron chi connectivity index (χ4n) is 3.50. The van der Waals surface area contributed by atoms with E-state index in [4.69, 9.17) is 21.1 Å². The predicted molar refractivity (Wildman–Crippen MR) is 124 cm³/mol. The normalized spacial score (nSPS) is 15.6. The van der Waals surface area contributed by atoms with E-state index < -0.39 is 5.82 Å². The van der Waals surface area contributed by atoms with Gasteiger partial charge in [-0.2, -0.15) is 0 Å². The Morgan fingerprint density at radius 1 is 1.38 bits per heavy atom. The summed E-state index contributed by atoms with van der Waals surface area (Å²) in [4.78, 5) is 22.1. The first kappa shape index (κ1) is 22.3. The van der Waals surface area contributed by atoms with Crippen LogP contribution < -0.4 is 14.8 Å². The maximum absolute atomic E-state index is 14.6. The highest BCUT2D eigenvalue weighted by atomic mass is 79.9. The van der Waals surface area contributed by atoms with E-state index in [1.165, 1.54) is 19.5 Å². The zero-order chi connectivity index (χ0) is 22.8. The summed E-state index contributed by atoms with van der Waals surface area (Å²) >= 11 is 9.21. The Labute approximate surface area is 197 Å². The number of carbonyl (C=O) groups excluding carboxylic acids is 1. The van der Waals surface area contributed by atoms with Gasteiger partial charge in [0, 0.05) is 28.9 Å². The smallest absolute Gasteiger partial charge is 0.246 e. The number of amides is 1. The number of rotatable bonds is 6. The lowest BCUT2D eigenvalue weighted by molar-refractivity contribution is -0.125. The molecule has 1 fully saturated rings. The number of carbonyl (C=O) groups is 1. The molecule has 1 aliphatic rings. The topological polar surface area (TPSA) is 76.6 Å². The molecule has 0 unspecified atom stereocenters. The molecule has 0 radical (unpaired) electrons. The van der Waals surface area contributed by atoms with Crippen LogP contribution >= 0.6 is 27.5 Å². The molecule has 7 nitrogen and oxygen atoms in total. The average Bonchev–Trinajstić information content (AvgIpc) is 3.27. The average molecular weight is 522 g/mol. The number of halogens is 3. The molecule has 0 saturated carbocycles. The molecule has 0 bridgehead atoms. The van der Waals surface area contributed by atoms with Crippen LogP contribution in [0, 0.1) is 5.82 Å². The fourth-order valence-corrected chi connectivity index (χ4v) is 3.97. The molecule has 2 aromatic carbocycles. The zero-order valence-corrected chi connectivity index (χ0v) is 19.4. The number of anilines is 2. The van der Waals surface area contributed by atoms with Gasteiger partial charge >= 0.3 is 0 Å². The number of fused-ring (bicyclic) bond motifs is 1. The second-order valence-corrected chi connectivity index (χ2v) is 8.34. The summed E-state index contributed by atoms with van der Waals surface area (Å²) in [6.07, 6.45) is 3.15. The third-order valence-electron chi connectivity index (χ3n) is 5.13. The largest absolute Gasteiger partial charge is 0.493 e. The maximum Gasteiger partial charge on any atom is 0.246 e. The zero-order valence-electron chi connectivity index (χ0n) is 17.1. The number of ether oxygens (including phenoxy) is 2. The van der Waals surface area contributed by atoms with Gasteiger partial charge in [0.05, 0.1) is 29.9 Å². The SMILES string of the molecule is C=CC(=O)N1CC[C@H](Oc2cc3c(Nc4ccc(Br)c(Cl)c4F)ncnc3cc2OC)C1. The van der Waals surface area contributed by atoms with Gasteiger partial charge in [-0.25, -0.2) is 14.4 Å². The van der Waals surface area contributed by atoms with Crippen molar-refractivity contribution in [2.24, 2.45) is 0 Å². The van der Waals surface area contributed by atoms with Crippen LogP contribution in [0.2, 0.25) is 5.02 Å². The van der Waals surface area contributed by atoms with Crippen LogP contribution in [0.4, 0.5) is 15.9 Å². The van der Waals surface area contributed by atoms with E-state index in [1.807, 2.05) is 0 Å². The monoisotopic (exact) mass is 520 g/mol. The van der Waals surface area contributed by atoms with Crippen LogP contribution in [0.15, 0.2) is 47.7 Å². The third kappa shape index (κ3) is 4.35. The van der Waals surface area contributed by atoms with Crippen molar-refractivity contribution in [2.45, 2.75) is 12.5 Å². The minimum atomic E-state index is -0.601. The van der Waals surface area contributed by atoms with Crippen LogP contribution in [0.25, 0.3) is 10.9 Å². The molecular weight excluding hydrogens is 503 g/mol. The summed E-state index contributed by atoms with van der Waals surface area (Å²) < 4.78 is 26.7. The van der Waals surface area contributed by atoms with E-state index in [0.717, 1.165) is 0 Å². The van der Waals surface area contributed by atoms with E-state index in [0.29, 0.717) is 52.2 Å². The van der Waals surface area contributed by atoms with E-state index in [2.05, 4.69) is 37.8 Å². The molecule has 32 heavy (non-hydrogen) atoms. The van der Waals surface area contributed by atoms with Crippen molar-refractivity contribution in [1.29, 1.82) is 0 Å². The summed E-state index contributed by atoms with van der Waals surface area (Å²) in [6, 6.07) is 6.67. The number of nitrogens with one attached hydrogen (secondary N) is 1. The van der Waals surface area contributed by atoms with Gasteiger partial charge in [-0.15, -0.1) is 0 Å². The minimum absolute atomic E-state index is 0.0288. The first-order valence-corrected chi connectivity index (χ1v) is 10.9. The molecule has 10 heteroatoms. The van der Waals surface area contributed by atoms with Crippen molar-refractivity contribution in [1.82, 2.24) is 14.9 Å². The summed E-state index contributed by atoms with van der Waals surface area (Å²) in [7, 11) is 1.54. The Morgan fingerprint density at radius 3 is 2.94 bits per heavy atom. The Kier molecular flexibility index (Phi) is 6.48. The molecule has 0 aliphatic carbocycles. The number of likely N-dealkylation sites (tertiary alicyclic amines) is 1. The van der Waals surface area contributed by atoms with Crippen LogP contribution in [-0.2, 0) is 4.79 Å². The molecule has 1 aliphatic heterocycles. The third-order valence-corrected chi connectivity index (χ3v) is 6.39. The lowest BCUT2D eigenvalue weighted by atomic mass is 10.2. The van der Waals surface area contributed by atoms with Crippen molar-refractivity contribution in [2.75, 3.05) is 25.5 Å². The van der Waals surface area contributed by atoms with Gasteiger partial charge in [-0.05, 0) is 40.2 Å². The number of nitrogens with zero attached hydrogens (tertiary/aromatic N) is 3. The molecule has 0 spiro atoms. The molecule has 2 heterocycles. The Hall–Kier alpha value is -2.91. The van der Waals surface area contributed by atoms with Crippen molar-refractivity contribution in [3.05, 3.63) is 58.6 Å². The molecule has 1 N–H and O–H groups in total. The van der Waals surface area contributed by atoms with Gasteiger partial charge in [0.25, 0.3) is 0 Å². The van der Waals surface area contributed by atoms with Crippen LogP contribution in [0.1, 0.15) is 6.42 Å². The summed E-state index contributed by atoms with van der Waals surface area (Å²) in [5.41, 5.74) is 0.760. The second-order valence-electron chi connectivity index (χ2n) is 7.11. The van der Waals surface area contributed by atoms with Crippen molar-refractivity contribution >= 4 is 55.8 Å². The van der Waals surface area contributed by atoms with Gasteiger partial charge in [0.1, 0.15) is 18.2 Å². The first-order chi connectivity index (χ1) is 15.4.